The maximum absolute atomic E-state index is 11.9. The second kappa shape index (κ2) is 15.4. The van der Waals surface area contributed by atoms with Crippen LogP contribution < -0.4 is 0 Å². The first-order valence-electron chi connectivity index (χ1n) is 20.8. The number of hydrogen-bond acceptors (Lipinski definition) is 5. The number of para-hydroxylation sites is 1. The molecule has 0 aliphatic rings. The number of rotatable bonds is 6. The molecule has 3 heterocycles. The van der Waals surface area contributed by atoms with Crippen LogP contribution in [-0.2, 0) is 31.9 Å². The third-order valence-electron chi connectivity index (χ3n) is 11.8. The maximum Gasteiger partial charge on any atom is 0.131 e. The zero-order chi connectivity index (χ0) is 41.5. The topological polar surface area (TPSA) is 59.2 Å². The van der Waals surface area contributed by atoms with E-state index >= 15 is 0 Å². The van der Waals surface area contributed by atoms with Gasteiger partial charge in [0.05, 0.1) is 16.7 Å². The minimum atomic E-state index is -0.257. The van der Waals surface area contributed by atoms with Gasteiger partial charge >= 0.3 is 0 Å². The molecule has 60 heavy (non-hydrogen) atoms. The molecular weight excluding hydrogens is 936 g/mol. The molecule has 0 unspecified atom stereocenters. The number of nitrogens with zero attached hydrogens (tertiary/aromatic N) is 2. The summed E-state index contributed by atoms with van der Waals surface area (Å²) in [5, 5.41) is 16.9. The van der Waals surface area contributed by atoms with Crippen molar-refractivity contribution in [1.82, 2.24) is 9.97 Å². The molecule has 0 radical (unpaired) electrons. The van der Waals surface area contributed by atoms with E-state index in [4.69, 9.17) is 14.4 Å². The summed E-state index contributed by atoms with van der Waals surface area (Å²) in [6, 6.07) is 40.5. The van der Waals surface area contributed by atoms with Crippen LogP contribution in [0, 0.1) is 6.07 Å². The molecule has 0 fully saturated rings. The summed E-state index contributed by atoms with van der Waals surface area (Å²) in [7, 11) is 0. The van der Waals surface area contributed by atoms with E-state index in [-0.39, 0.29) is 37.6 Å². The van der Waals surface area contributed by atoms with Gasteiger partial charge in [-0.1, -0.05) is 165 Å². The van der Waals surface area contributed by atoms with Gasteiger partial charge in [0.1, 0.15) is 16.3 Å². The Balaban J connectivity index is 0.00000499. The number of hydrogen-bond donors (Lipinski definition) is 1. The largest absolute Gasteiger partial charge is 0.507 e. The van der Waals surface area contributed by atoms with Crippen molar-refractivity contribution >= 4 is 54.3 Å². The summed E-state index contributed by atoms with van der Waals surface area (Å²) < 4.78 is 7.99. The molecule has 6 heteroatoms. The molecule has 6 aromatic carbocycles. The molecular formula is C54H51N2O2PtS-. The number of phenolic OH excluding ortho intramolecular Hbond substituents is 1. The third-order valence-corrected chi connectivity index (χ3v) is 12.8. The molecule has 0 aliphatic carbocycles. The Hall–Kier alpha value is -5.09. The summed E-state index contributed by atoms with van der Waals surface area (Å²) >= 11 is 1.60. The Labute approximate surface area is 372 Å². The normalized spacial score (nSPS) is 12.4. The van der Waals surface area contributed by atoms with Crippen molar-refractivity contribution in [3.8, 4) is 49.8 Å². The van der Waals surface area contributed by atoms with E-state index in [1.54, 1.807) is 11.3 Å². The first-order chi connectivity index (χ1) is 28.1. The van der Waals surface area contributed by atoms with Crippen LogP contribution in [0.1, 0.15) is 103 Å². The summed E-state index contributed by atoms with van der Waals surface area (Å²) in [4.78, 5) is 10.4. The number of benzene rings is 6. The first-order valence-corrected chi connectivity index (χ1v) is 21.6. The van der Waals surface area contributed by atoms with Crippen molar-refractivity contribution in [3.05, 3.63) is 138 Å². The molecule has 0 amide bonds. The van der Waals surface area contributed by atoms with Gasteiger partial charge < -0.3 is 9.52 Å². The molecule has 0 aliphatic heterocycles. The van der Waals surface area contributed by atoms with Crippen LogP contribution in [-0.4, -0.2) is 15.1 Å². The van der Waals surface area contributed by atoms with E-state index in [1.807, 2.05) is 6.20 Å². The van der Waals surface area contributed by atoms with Crippen LogP contribution >= 0.6 is 11.3 Å². The number of pyridine rings is 1. The average Bonchev–Trinajstić information content (AvgIpc) is 3.82. The molecule has 1 N–H and O–H groups in total. The quantitative estimate of drug-likeness (QED) is 0.169. The van der Waals surface area contributed by atoms with Crippen LogP contribution in [0.3, 0.4) is 0 Å². The van der Waals surface area contributed by atoms with Crippen molar-refractivity contribution in [3.63, 3.8) is 0 Å². The standard InChI is InChI=1S/C54H51N2O2S.Pt/c1-30(2)36-17-13-18-37(31(3)4)47(36)33-23-24-55-45(27-33)34-25-41(51-42(26-34)40-22-21-32-15-11-12-16-38(32)50(40)58-51)39-19-14-20-46-48(39)56-52(59-46)43-28-35(53(5,6)7)29-44(49(43)57)54(8,9)10;/h11-24,26-31,57H,1-10H3;/q-1;. The summed E-state index contributed by atoms with van der Waals surface area (Å²) in [6.07, 6.45) is 1.93. The van der Waals surface area contributed by atoms with Crippen LogP contribution in [0.4, 0.5) is 0 Å². The Kier molecular flexibility index (Phi) is 10.7. The van der Waals surface area contributed by atoms with E-state index in [0.29, 0.717) is 11.8 Å². The number of aromatic hydroxyl groups is 1. The van der Waals surface area contributed by atoms with E-state index in [9.17, 15) is 5.11 Å². The van der Waals surface area contributed by atoms with Crippen LogP contribution in [0.25, 0.3) is 87.0 Å². The van der Waals surface area contributed by atoms with E-state index in [1.165, 1.54) is 22.3 Å². The zero-order valence-electron chi connectivity index (χ0n) is 36.0. The monoisotopic (exact) mass is 986 g/mol. The van der Waals surface area contributed by atoms with Gasteiger partial charge in [-0.15, -0.1) is 23.5 Å². The Morgan fingerprint density at radius 3 is 2.10 bits per heavy atom. The molecule has 3 aromatic heterocycles. The molecule has 9 aromatic rings. The molecule has 306 valence electrons. The second-order valence-corrected chi connectivity index (χ2v) is 19.7. The maximum atomic E-state index is 11.9. The predicted octanol–water partition coefficient (Wildman–Crippen LogP) is 15.8. The number of aromatic nitrogens is 2. The average molecular weight is 987 g/mol. The molecule has 0 saturated heterocycles. The van der Waals surface area contributed by atoms with E-state index in [0.717, 1.165) is 87.0 Å². The van der Waals surface area contributed by atoms with E-state index in [2.05, 4.69) is 178 Å². The number of phenols is 1. The van der Waals surface area contributed by atoms with Crippen LogP contribution in [0.5, 0.6) is 5.75 Å². The fourth-order valence-corrected chi connectivity index (χ4v) is 9.57. The zero-order valence-corrected chi connectivity index (χ0v) is 39.1. The summed E-state index contributed by atoms with van der Waals surface area (Å²) in [6.45, 7) is 22.2. The molecule has 4 nitrogen and oxygen atoms in total. The first kappa shape index (κ1) is 41.6. The minimum Gasteiger partial charge on any atom is -0.507 e. The van der Waals surface area contributed by atoms with E-state index < -0.39 is 0 Å². The van der Waals surface area contributed by atoms with Crippen molar-refractivity contribution in [1.29, 1.82) is 0 Å². The SMILES string of the molecule is CC(C)c1cccc(C(C)C)c1-c1ccnc(-c2[c-]c(-c3cccc4sc(-c5cc(C(C)(C)C)cc(C(C)(C)C)c5O)nc34)c3oc4c5ccccc5ccc4c3c2)c1.[Pt]. The number of thiazole rings is 1. The molecule has 0 saturated carbocycles. The second-order valence-electron chi connectivity index (χ2n) is 18.7. The molecule has 0 bridgehead atoms. The van der Waals surface area contributed by atoms with Gasteiger partial charge in [-0.3, -0.25) is 4.98 Å². The predicted molar refractivity (Wildman–Crippen MR) is 250 cm³/mol. The Bertz CT molecular complexity index is 3080. The van der Waals surface area contributed by atoms with Gasteiger partial charge in [-0.25, -0.2) is 4.98 Å². The molecule has 0 atom stereocenters. The van der Waals surface area contributed by atoms with Gasteiger partial charge in [0.25, 0.3) is 0 Å². The fraction of sp³-hybridized carbons (Fsp3) is 0.259. The Morgan fingerprint density at radius 1 is 0.683 bits per heavy atom. The molecule has 0 spiro atoms. The third kappa shape index (κ3) is 7.18. The fourth-order valence-electron chi connectivity index (χ4n) is 8.56. The van der Waals surface area contributed by atoms with Crippen LogP contribution in [0.15, 0.2) is 114 Å². The number of fused-ring (bicyclic) bond motifs is 6. The Morgan fingerprint density at radius 2 is 1.40 bits per heavy atom. The van der Waals surface area contributed by atoms with Gasteiger partial charge in [-0.2, -0.15) is 0 Å². The van der Waals surface area contributed by atoms with Crippen molar-refractivity contribution in [2.24, 2.45) is 0 Å². The van der Waals surface area contributed by atoms with Crippen molar-refractivity contribution in [2.45, 2.75) is 91.9 Å². The minimum absolute atomic E-state index is 0. The van der Waals surface area contributed by atoms with Gasteiger partial charge in [0.2, 0.25) is 0 Å². The summed E-state index contributed by atoms with van der Waals surface area (Å²) in [5.41, 5.74) is 13.5. The van der Waals surface area contributed by atoms with Gasteiger partial charge in [0, 0.05) is 54.0 Å². The van der Waals surface area contributed by atoms with Crippen molar-refractivity contribution in [2.75, 3.05) is 0 Å². The molecule has 9 rings (SSSR count). The number of furan rings is 1. The summed E-state index contributed by atoms with van der Waals surface area (Å²) in [5.74, 6) is 1.02. The van der Waals surface area contributed by atoms with Gasteiger partial charge in [-0.05, 0) is 79.5 Å². The van der Waals surface area contributed by atoms with Crippen LogP contribution in [0.2, 0.25) is 0 Å². The van der Waals surface area contributed by atoms with Crippen molar-refractivity contribution < 1.29 is 30.6 Å². The smallest absolute Gasteiger partial charge is 0.131 e. The van der Waals surface area contributed by atoms with Gasteiger partial charge in [0.15, 0.2) is 0 Å².